The lowest BCUT2D eigenvalue weighted by atomic mass is 10.2. The summed E-state index contributed by atoms with van der Waals surface area (Å²) < 4.78 is 5.43. The number of nitro groups is 1. The van der Waals surface area contributed by atoms with Crippen molar-refractivity contribution >= 4 is 11.6 Å². The minimum absolute atomic E-state index is 0.0323. The van der Waals surface area contributed by atoms with E-state index in [0.717, 1.165) is 5.56 Å². The molecule has 0 saturated heterocycles. The topological polar surface area (TPSA) is 72.7 Å². The number of ether oxygens (including phenoxy) is 1. The fourth-order valence-corrected chi connectivity index (χ4v) is 2.12. The zero-order valence-electron chi connectivity index (χ0n) is 13.1. The molecule has 0 fully saturated rings. The molecule has 0 N–H and O–H groups in total. The van der Waals surface area contributed by atoms with Crippen LogP contribution in [0.3, 0.4) is 0 Å². The molecule has 6 nitrogen and oxygen atoms in total. The van der Waals surface area contributed by atoms with Crippen LogP contribution in [0.1, 0.15) is 11.1 Å². The molecule has 0 aliphatic heterocycles. The normalized spacial score (nSPS) is 10.2. The first kappa shape index (κ1) is 16.5. The Morgan fingerprint density at radius 2 is 1.91 bits per heavy atom. The van der Waals surface area contributed by atoms with Gasteiger partial charge in [-0.3, -0.25) is 14.9 Å². The van der Waals surface area contributed by atoms with Crippen molar-refractivity contribution in [3.63, 3.8) is 0 Å². The Morgan fingerprint density at radius 3 is 2.52 bits per heavy atom. The van der Waals surface area contributed by atoms with Crippen molar-refractivity contribution in [3.8, 4) is 5.75 Å². The largest absolute Gasteiger partial charge is 0.484 e. The van der Waals surface area contributed by atoms with Crippen LogP contribution in [-0.4, -0.2) is 29.4 Å². The minimum atomic E-state index is -0.447. The Morgan fingerprint density at radius 1 is 1.22 bits per heavy atom. The van der Waals surface area contributed by atoms with Crippen LogP contribution >= 0.6 is 0 Å². The van der Waals surface area contributed by atoms with E-state index in [-0.39, 0.29) is 18.2 Å². The molecule has 0 aliphatic carbocycles. The second kappa shape index (κ2) is 7.40. The highest BCUT2D eigenvalue weighted by Crippen LogP contribution is 2.23. The quantitative estimate of drug-likeness (QED) is 0.607. The number of nitro benzene ring substituents is 1. The fourth-order valence-electron chi connectivity index (χ4n) is 2.12. The van der Waals surface area contributed by atoms with Crippen LogP contribution < -0.4 is 4.74 Å². The third kappa shape index (κ3) is 4.54. The van der Waals surface area contributed by atoms with Gasteiger partial charge >= 0.3 is 0 Å². The third-order valence-electron chi connectivity index (χ3n) is 3.42. The van der Waals surface area contributed by atoms with Crippen LogP contribution in [0, 0.1) is 17.0 Å². The van der Waals surface area contributed by atoms with E-state index in [1.807, 2.05) is 30.3 Å². The molecular weight excluding hydrogens is 296 g/mol. The number of hydrogen-bond acceptors (Lipinski definition) is 4. The lowest BCUT2D eigenvalue weighted by molar-refractivity contribution is -0.385. The Labute approximate surface area is 134 Å². The zero-order valence-corrected chi connectivity index (χ0v) is 13.1. The number of amides is 1. The summed E-state index contributed by atoms with van der Waals surface area (Å²) in [5.74, 6) is 0.277. The van der Waals surface area contributed by atoms with Crippen molar-refractivity contribution in [2.24, 2.45) is 0 Å². The molecule has 0 radical (unpaired) electrons. The van der Waals surface area contributed by atoms with E-state index in [2.05, 4.69) is 0 Å². The van der Waals surface area contributed by atoms with Crippen LogP contribution in [0.2, 0.25) is 0 Å². The molecule has 6 heteroatoms. The van der Waals surface area contributed by atoms with Crippen molar-refractivity contribution in [2.45, 2.75) is 13.5 Å². The Balaban J connectivity index is 1.91. The van der Waals surface area contributed by atoms with Crippen LogP contribution in [0.5, 0.6) is 5.75 Å². The monoisotopic (exact) mass is 314 g/mol. The first-order chi connectivity index (χ1) is 11.0. The number of carbonyl (C=O) groups is 1. The second-order valence-corrected chi connectivity index (χ2v) is 5.23. The van der Waals surface area contributed by atoms with E-state index in [1.165, 1.54) is 12.1 Å². The van der Waals surface area contributed by atoms with Gasteiger partial charge in [-0.2, -0.15) is 0 Å². The van der Waals surface area contributed by atoms with Gasteiger partial charge in [0.2, 0.25) is 0 Å². The lowest BCUT2D eigenvalue weighted by Crippen LogP contribution is -2.30. The van der Waals surface area contributed by atoms with Gasteiger partial charge in [-0.15, -0.1) is 0 Å². The maximum Gasteiger partial charge on any atom is 0.272 e. The van der Waals surface area contributed by atoms with Crippen LogP contribution in [0.4, 0.5) is 5.69 Å². The summed E-state index contributed by atoms with van der Waals surface area (Å²) in [6, 6.07) is 14.1. The fraction of sp³-hybridized carbons (Fsp3) is 0.235. The third-order valence-corrected chi connectivity index (χ3v) is 3.42. The van der Waals surface area contributed by atoms with Crippen molar-refractivity contribution in [1.29, 1.82) is 0 Å². The molecule has 0 saturated carbocycles. The molecule has 0 heterocycles. The summed E-state index contributed by atoms with van der Waals surface area (Å²) in [7, 11) is 1.71. The molecule has 2 rings (SSSR count). The summed E-state index contributed by atoms with van der Waals surface area (Å²) >= 11 is 0. The first-order valence-electron chi connectivity index (χ1n) is 7.13. The second-order valence-electron chi connectivity index (χ2n) is 5.23. The number of nitrogens with zero attached hydrogens (tertiary/aromatic N) is 2. The molecule has 0 spiro atoms. The van der Waals surface area contributed by atoms with E-state index < -0.39 is 4.92 Å². The van der Waals surface area contributed by atoms with Gasteiger partial charge < -0.3 is 9.64 Å². The van der Waals surface area contributed by atoms with Crippen molar-refractivity contribution in [1.82, 2.24) is 4.90 Å². The van der Waals surface area contributed by atoms with E-state index in [4.69, 9.17) is 4.74 Å². The zero-order chi connectivity index (χ0) is 16.8. The molecular formula is C17H18N2O4. The SMILES string of the molecule is Cc1cc(OCC(=O)N(C)Cc2ccccc2)ccc1[N+](=O)[O-]. The average molecular weight is 314 g/mol. The highest BCUT2D eigenvalue weighted by atomic mass is 16.6. The standard InChI is InChI=1S/C17H18N2O4/c1-13-10-15(8-9-16(13)19(21)22)23-12-17(20)18(2)11-14-6-4-3-5-7-14/h3-10H,11-12H2,1-2H3. The van der Waals surface area contributed by atoms with E-state index in [9.17, 15) is 14.9 Å². The van der Waals surface area contributed by atoms with Crippen molar-refractivity contribution in [2.75, 3.05) is 13.7 Å². The highest BCUT2D eigenvalue weighted by molar-refractivity contribution is 5.77. The Hall–Kier alpha value is -2.89. The minimum Gasteiger partial charge on any atom is -0.484 e. The highest BCUT2D eigenvalue weighted by Gasteiger charge is 2.13. The maximum absolute atomic E-state index is 12.1. The van der Waals surface area contributed by atoms with Gasteiger partial charge in [0.25, 0.3) is 11.6 Å². The summed E-state index contributed by atoms with van der Waals surface area (Å²) in [5, 5.41) is 10.8. The molecule has 23 heavy (non-hydrogen) atoms. The maximum atomic E-state index is 12.1. The predicted octanol–water partition coefficient (Wildman–Crippen LogP) is 2.94. The van der Waals surface area contributed by atoms with Gasteiger partial charge in [0.1, 0.15) is 5.75 Å². The number of benzene rings is 2. The molecule has 0 aliphatic rings. The van der Waals surface area contributed by atoms with Crippen LogP contribution in [0.25, 0.3) is 0 Å². The van der Waals surface area contributed by atoms with Crippen LogP contribution in [-0.2, 0) is 11.3 Å². The number of carbonyl (C=O) groups excluding carboxylic acids is 1. The number of rotatable bonds is 6. The summed E-state index contributed by atoms with van der Waals surface area (Å²) in [6.07, 6.45) is 0. The molecule has 0 atom stereocenters. The van der Waals surface area contributed by atoms with E-state index in [0.29, 0.717) is 17.9 Å². The van der Waals surface area contributed by atoms with Gasteiger partial charge in [-0.1, -0.05) is 30.3 Å². The van der Waals surface area contributed by atoms with Gasteiger partial charge in [0.15, 0.2) is 6.61 Å². The lowest BCUT2D eigenvalue weighted by Gasteiger charge is -2.17. The number of hydrogen-bond donors (Lipinski definition) is 0. The van der Waals surface area contributed by atoms with Gasteiger partial charge in [-0.05, 0) is 24.6 Å². The smallest absolute Gasteiger partial charge is 0.272 e. The Kier molecular flexibility index (Phi) is 5.30. The van der Waals surface area contributed by atoms with Crippen LogP contribution in [0.15, 0.2) is 48.5 Å². The molecule has 0 bridgehead atoms. The van der Waals surface area contributed by atoms with Crippen molar-refractivity contribution in [3.05, 3.63) is 69.8 Å². The molecule has 0 unspecified atom stereocenters. The summed E-state index contributed by atoms with van der Waals surface area (Å²) in [4.78, 5) is 24.0. The molecule has 2 aromatic rings. The van der Waals surface area contributed by atoms with Gasteiger partial charge in [-0.25, -0.2) is 0 Å². The van der Waals surface area contributed by atoms with E-state index >= 15 is 0 Å². The number of aryl methyl sites for hydroxylation is 1. The first-order valence-corrected chi connectivity index (χ1v) is 7.13. The van der Waals surface area contributed by atoms with Gasteiger partial charge in [0, 0.05) is 25.2 Å². The molecule has 120 valence electrons. The average Bonchev–Trinajstić information content (AvgIpc) is 2.53. The predicted molar refractivity (Wildman–Crippen MR) is 86.2 cm³/mol. The van der Waals surface area contributed by atoms with E-state index in [1.54, 1.807) is 24.9 Å². The molecule has 0 aromatic heterocycles. The molecule has 2 aromatic carbocycles. The van der Waals surface area contributed by atoms with Crippen molar-refractivity contribution < 1.29 is 14.5 Å². The number of likely N-dealkylation sites (N-methyl/N-ethyl adjacent to an activating group) is 1. The summed E-state index contributed by atoms with van der Waals surface area (Å²) in [5.41, 5.74) is 1.57. The Bertz CT molecular complexity index is 701. The van der Waals surface area contributed by atoms with Gasteiger partial charge in [0.05, 0.1) is 4.92 Å². The molecule has 1 amide bonds. The summed E-state index contributed by atoms with van der Waals surface area (Å²) in [6.45, 7) is 2.03.